The van der Waals surface area contributed by atoms with Crippen LogP contribution < -0.4 is 0 Å². The molecule has 86 valence electrons. The van der Waals surface area contributed by atoms with E-state index < -0.39 is 0 Å². The summed E-state index contributed by atoms with van der Waals surface area (Å²) < 4.78 is 1.08. The van der Waals surface area contributed by atoms with Gasteiger partial charge in [0, 0.05) is 27.6 Å². The van der Waals surface area contributed by atoms with E-state index in [1.807, 2.05) is 11.4 Å². The molecular formula is C13H15BrOS. The minimum atomic E-state index is 0.350. The Labute approximate surface area is 109 Å². The topological polar surface area (TPSA) is 17.1 Å². The van der Waals surface area contributed by atoms with Gasteiger partial charge in [-0.25, -0.2) is 0 Å². The standard InChI is InChI=1S/C13H15BrOS/c14-11-7-13(16-9-11)8-12(15)6-10-4-2-1-3-5-10/h4,7,9H,1-3,5-6,8H2. The third-order valence-electron chi connectivity index (χ3n) is 2.80. The number of Topliss-reactive ketones (excluding diaryl/α,β-unsaturated/α-hetero) is 1. The molecule has 0 saturated heterocycles. The van der Waals surface area contributed by atoms with E-state index in [2.05, 4.69) is 22.0 Å². The number of carbonyl (C=O) groups is 1. The van der Waals surface area contributed by atoms with Crippen molar-refractivity contribution in [2.24, 2.45) is 0 Å². The Morgan fingerprint density at radius 3 is 2.88 bits per heavy atom. The van der Waals surface area contributed by atoms with E-state index in [9.17, 15) is 4.79 Å². The minimum Gasteiger partial charge on any atom is -0.299 e. The first-order chi connectivity index (χ1) is 7.74. The van der Waals surface area contributed by atoms with Crippen molar-refractivity contribution in [3.8, 4) is 0 Å². The van der Waals surface area contributed by atoms with Crippen molar-refractivity contribution >= 4 is 33.0 Å². The minimum absolute atomic E-state index is 0.350. The van der Waals surface area contributed by atoms with Crippen LogP contribution in [0.5, 0.6) is 0 Å². The number of halogens is 1. The molecule has 0 N–H and O–H groups in total. The average Bonchev–Trinajstić information content (AvgIpc) is 2.65. The van der Waals surface area contributed by atoms with E-state index in [4.69, 9.17) is 0 Å². The molecule has 0 saturated carbocycles. The van der Waals surface area contributed by atoms with Gasteiger partial charge in [-0.2, -0.15) is 0 Å². The van der Waals surface area contributed by atoms with E-state index in [0.717, 1.165) is 22.2 Å². The van der Waals surface area contributed by atoms with Gasteiger partial charge < -0.3 is 0 Å². The molecule has 0 atom stereocenters. The molecule has 1 nitrogen and oxygen atoms in total. The van der Waals surface area contributed by atoms with Crippen LogP contribution in [0, 0.1) is 0 Å². The van der Waals surface area contributed by atoms with E-state index >= 15 is 0 Å². The molecule has 2 rings (SSSR count). The maximum atomic E-state index is 11.8. The van der Waals surface area contributed by atoms with E-state index in [1.165, 1.54) is 18.4 Å². The fraction of sp³-hybridized carbons (Fsp3) is 0.462. The molecule has 0 unspecified atom stereocenters. The van der Waals surface area contributed by atoms with Gasteiger partial charge in [-0.15, -0.1) is 11.3 Å². The summed E-state index contributed by atoms with van der Waals surface area (Å²) >= 11 is 5.06. The Hall–Kier alpha value is -0.410. The van der Waals surface area contributed by atoms with Crippen LogP contribution in [-0.2, 0) is 11.2 Å². The monoisotopic (exact) mass is 298 g/mol. The fourth-order valence-corrected chi connectivity index (χ4v) is 3.50. The molecule has 0 aliphatic heterocycles. The normalized spacial score (nSPS) is 15.9. The van der Waals surface area contributed by atoms with Gasteiger partial charge in [0.25, 0.3) is 0 Å². The van der Waals surface area contributed by atoms with Crippen LogP contribution in [0.2, 0.25) is 0 Å². The van der Waals surface area contributed by atoms with Crippen LogP contribution in [-0.4, -0.2) is 5.78 Å². The molecular weight excluding hydrogens is 284 g/mol. The van der Waals surface area contributed by atoms with Crippen molar-refractivity contribution in [2.45, 2.75) is 38.5 Å². The van der Waals surface area contributed by atoms with Crippen LogP contribution >= 0.6 is 27.3 Å². The largest absolute Gasteiger partial charge is 0.299 e. The second-order valence-corrected chi connectivity index (χ2v) is 6.14. The van der Waals surface area contributed by atoms with Crippen molar-refractivity contribution in [3.05, 3.63) is 32.4 Å². The highest BCUT2D eigenvalue weighted by atomic mass is 79.9. The molecule has 16 heavy (non-hydrogen) atoms. The SMILES string of the molecule is O=C(CC1=CCCCC1)Cc1cc(Br)cs1. The molecule has 1 aromatic rings. The Balaban J connectivity index is 1.86. The summed E-state index contributed by atoms with van der Waals surface area (Å²) in [6, 6.07) is 2.04. The Kier molecular flexibility index (Phi) is 4.36. The van der Waals surface area contributed by atoms with Gasteiger partial charge in [0.15, 0.2) is 0 Å². The summed E-state index contributed by atoms with van der Waals surface area (Å²) in [5.74, 6) is 0.350. The lowest BCUT2D eigenvalue weighted by molar-refractivity contribution is -0.117. The first-order valence-electron chi connectivity index (χ1n) is 5.66. The molecule has 0 fully saturated rings. The summed E-state index contributed by atoms with van der Waals surface area (Å²) in [4.78, 5) is 13.0. The van der Waals surface area contributed by atoms with Crippen molar-refractivity contribution in [2.75, 3.05) is 0 Å². The van der Waals surface area contributed by atoms with Gasteiger partial charge in [0.05, 0.1) is 0 Å². The van der Waals surface area contributed by atoms with Crippen LogP contribution in [0.1, 0.15) is 37.0 Å². The summed E-state index contributed by atoms with van der Waals surface area (Å²) in [6.07, 6.45) is 8.33. The second kappa shape index (κ2) is 5.78. The Morgan fingerprint density at radius 1 is 1.38 bits per heavy atom. The fourth-order valence-electron chi connectivity index (χ4n) is 2.02. The lowest BCUT2D eigenvalue weighted by Crippen LogP contribution is -2.04. The maximum absolute atomic E-state index is 11.8. The number of hydrogen-bond acceptors (Lipinski definition) is 2. The van der Waals surface area contributed by atoms with Crippen molar-refractivity contribution in [1.29, 1.82) is 0 Å². The highest BCUT2D eigenvalue weighted by molar-refractivity contribution is 9.10. The predicted octanol–water partition coefficient (Wildman–Crippen LogP) is 4.51. The van der Waals surface area contributed by atoms with Crippen molar-refractivity contribution < 1.29 is 4.79 Å². The van der Waals surface area contributed by atoms with E-state index in [1.54, 1.807) is 11.3 Å². The first kappa shape index (κ1) is 12.1. The zero-order chi connectivity index (χ0) is 11.4. The quantitative estimate of drug-likeness (QED) is 0.747. The summed E-state index contributed by atoms with van der Waals surface area (Å²) in [6.45, 7) is 0. The van der Waals surface area contributed by atoms with Crippen molar-refractivity contribution in [3.63, 3.8) is 0 Å². The zero-order valence-electron chi connectivity index (χ0n) is 9.17. The van der Waals surface area contributed by atoms with Gasteiger partial charge in [0.2, 0.25) is 0 Å². The average molecular weight is 299 g/mol. The second-order valence-electron chi connectivity index (χ2n) is 4.23. The van der Waals surface area contributed by atoms with E-state index in [-0.39, 0.29) is 0 Å². The third kappa shape index (κ3) is 3.56. The third-order valence-corrected chi connectivity index (χ3v) is 4.50. The van der Waals surface area contributed by atoms with E-state index in [0.29, 0.717) is 18.6 Å². The van der Waals surface area contributed by atoms with Gasteiger partial charge in [-0.05, 0) is 47.7 Å². The summed E-state index contributed by atoms with van der Waals surface area (Å²) in [7, 11) is 0. The Morgan fingerprint density at radius 2 is 2.25 bits per heavy atom. The number of carbonyl (C=O) groups excluding carboxylic acids is 1. The van der Waals surface area contributed by atoms with Crippen LogP contribution in [0.4, 0.5) is 0 Å². The van der Waals surface area contributed by atoms with Gasteiger partial charge in [0.1, 0.15) is 5.78 Å². The molecule has 0 spiro atoms. The predicted molar refractivity (Wildman–Crippen MR) is 71.9 cm³/mol. The number of hydrogen-bond donors (Lipinski definition) is 0. The summed E-state index contributed by atoms with van der Waals surface area (Å²) in [5, 5.41) is 2.03. The number of allylic oxidation sites excluding steroid dienone is 2. The number of thiophene rings is 1. The van der Waals surface area contributed by atoms with Crippen LogP contribution in [0.3, 0.4) is 0 Å². The van der Waals surface area contributed by atoms with Crippen LogP contribution in [0.15, 0.2) is 27.6 Å². The first-order valence-corrected chi connectivity index (χ1v) is 7.34. The molecule has 0 bridgehead atoms. The lowest BCUT2D eigenvalue weighted by atomic mass is 9.95. The molecule has 0 radical (unpaired) electrons. The molecule has 1 aromatic heterocycles. The molecule has 0 aromatic carbocycles. The van der Waals surface area contributed by atoms with Gasteiger partial charge in [-0.1, -0.05) is 11.6 Å². The van der Waals surface area contributed by atoms with Gasteiger partial charge >= 0.3 is 0 Å². The molecule has 1 heterocycles. The van der Waals surface area contributed by atoms with Gasteiger partial charge in [-0.3, -0.25) is 4.79 Å². The smallest absolute Gasteiger partial charge is 0.142 e. The highest BCUT2D eigenvalue weighted by Gasteiger charge is 2.10. The molecule has 3 heteroatoms. The summed E-state index contributed by atoms with van der Waals surface area (Å²) in [5.41, 5.74) is 1.35. The molecule has 1 aliphatic rings. The Bertz CT molecular complexity index is 406. The number of ketones is 1. The van der Waals surface area contributed by atoms with Crippen molar-refractivity contribution in [1.82, 2.24) is 0 Å². The lowest BCUT2D eigenvalue weighted by Gasteiger charge is -2.11. The highest BCUT2D eigenvalue weighted by Crippen LogP contribution is 2.23. The molecule has 1 aliphatic carbocycles. The maximum Gasteiger partial charge on any atom is 0.142 e. The van der Waals surface area contributed by atoms with Crippen LogP contribution in [0.25, 0.3) is 0 Å². The number of rotatable bonds is 4. The zero-order valence-corrected chi connectivity index (χ0v) is 11.6. The molecule has 0 amide bonds.